The van der Waals surface area contributed by atoms with Crippen molar-refractivity contribution in [2.45, 2.75) is 46.5 Å². The zero-order valence-corrected chi connectivity index (χ0v) is 10.1. The van der Waals surface area contributed by atoms with Crippen LogP contribution in [0.15, 0.2) is 24.3 Å². The predicted octanol–water partition coefficient (Wildman–Crippen LogP) is 4.32. The standard InChI is InChI=1S/C14H22/c1-11(2)10-14(4,5)13-8-6-12(3)7-9-13/h6-9,11H,10H2,1-5H3. The van der Waals surface area contributed by atoms with E-state index in [1.165, 1.54) is 17.5 Å². The minimum absolute atomic E-state index is 0.307. The average Bonchev–Trinajstić information content (AvgIpc) is 2.02. The fourth-order valence-electron chi connectivity index (χ4n) is 2.14. The van der Waals surface area contributed by atoms with Crippen LogP contribution in [0.5, 0.6) is 0 Å². The van der Waals surface area contributed by atoms with E-state index in [-0.39, 0.29) is 0 Å². The molecular weight excluding hydrogens is 168 g/mol. The van der Waals surface area contributed by atoms with Gasteiger partial charge in [-0.3, -0.25) is 0 Å². The second-order valence-electron chi connectivity index (χ2n) is 5.35. The van der Waals surface area contributed by atoms with Crippen LogP contribution < -0.4 is 0 Å². The Balaban J connectivity index is 2.86. The number of hydrogen-bond donors (Lipinski definition) is 0. The fourth-order valence-corrected chi connectivity index (χ4v) is 2.14. The van der Waals surface area contributed by atoms with Gasteiger partial charge in [-0.1, -0.05) is 57.5 Å². The fraction of sp³-hybridized carbons (Fsp3) is 0.571. The number of rotatable bonds is 3. The van der Waals surface area contributed by atoms with E-state index in [0.717, 1.165) is 5.92 Å². The van der Waals surface area contributed by atoms with Crippen LogP contribution in [-0.2, 0) is 5.41 Å². The summed E-state index contributed by atoms with van der Waals surface area (Å²) < 4.78 is 0. The van der Waals surface area contributed by atoms with Gasteiger partial charge in [0, 0.05) is 0 Å². The predicted molar refractivity (Wildman–Crippen MR) is 63.7 cm³/mol. The molecule has 0 saturated heterocycles. The summed E-state index contributed by atoms with van der Waals surface area (Å²) in [7, 11) is 0. The Morgan fingerprint density at radius 2 is 1.57 bits per heavy atom. The Morgan fingerprint density at radius 1 is 1.07 bits per heavy atom. The molecular formula is C14H22. The maximum atomic E-state index is 2.33. The van der Waals surface area contributed by atoms with E-state index >= 15 is 0 Å². The highest BCUT2D eigenvalue weighted by Gasteiger charge is 2.21. The minimum atomic E-state index is 0.307. The zero-order chi connectivity index (χ0) is 10.8. The molecule has 0 unspecified atom stereocenters. The molecule has 0 nitrogen and oxygen atoms in total. The van der Waals surface area contributed by atoms with Gasteiger partial charge in [-0.15, -0.1) is 0 Å². The summed E-state index contributed by atoms with van der Waals surface area (Å²) in [4.78, 5) is 0. The molecule has 0 aromatic heterocycles. The molecule has 0 heteroatoms. The Morgan fingerprint density at radius 3 is 2.00 bits per heavy atom. The molecule has 0 spiro atoms. The monoisotopic (exact) mass is 190 g/mol. The highest BCUT2D eigenvalue weighted by molar-refractivity contribution is 5.27. The number of aryl methyl sites for hydroxylation is 1. The van der Waals surface area contributed by atoms with Gasteiger partial charge in [0.2, 0.25) is 0 Å². The first-order valence-corrected chi connectivity index (χ1v) is 5.49. The SMILES string of the molecule is Cc1ccc(C(C)(C)CC(C)C)cc1. The minimum Gasteiger partial charge on any atom is -0.0627 e. The van der Waals surface area contributed by atoms with Gasteiger partial charge in [0.1, 0.15) is 0 Å². The van der Waals surface area contributed by atoms with Gasteiger partial charge in [0.05, 0.1) is 0 Å². The van der Waals surface area contributed by atoms with Crippen molar-refractivity contribution < 1.29 is 0 Å². The van der Waals surface area contributed by atoms with Crippen LogP contribution in [0.4, 0.5) is 0 Å². The second-order valence-corrected chi connectivity index (χ2v) is 5.35. The molecule has 0 atom stereocenters. The summed E-state index contributed by atoms with van der Waals surface area (Å²) in [5, 5.41) is 0. The Kier molecular flexibility index (Phi) is 3.36. The summed E-state index contributed by atoms with van der Waals surface area (Å²) >= 11 is 0. The van der Waals surface area contributed by atoms with Crippen LogP contribution in [0, 0.1) is 12.8 Å². The smallest absolute Gasteiger partial charge is 0.0101 e. The first kappa shape index (κ1) is 11.3. The normalized spacial score (nSPS) is 12.1. The van der Waals surface area contributed by atoms with E-state index in [1.54, 1.807) is 0 Å². The molecule has 0 fully saturated rings. The highest BCUT2D eigenvalue weighted by Crippen LogP contribution is 2.30. The summed E-state index contributed by atoms with van der Waals surface area (Å²) in [5.74, 6) is 0.756. The van der Waals surface area contributed by atoms with Crippen LogP contribution in [-0.4, -0.2) is 0 Å². The van der Waals surface area contributed by atoms with Crippen LogP contribution in [0.1, 0.15) is 45.2 Å². The van der Waals surface area contributed by atoms with Gasteiger partial charge in [-0.2, -0.15) is 0 Å². The summed E-state index contributed by atoms with van der Waals surface area (Å²) in [5.41, 5.74) is 3.10. The van der Waals surface area contributed by atoms with Crippen molar-refractivity contribution in [1.82, 2.24) is 0 Å². The van der Waals surface area contributed by atoms with Gasteiger partial charge >= 0.3 is 0 Å². The van der Waals surface area contributed by atoms with Crippen molar-refractivity contribution in [2.75, 3.05) is 0 Å². The van der Waals surface area contributed by atoms with Gasteiger partial charge < -0.3 is 0 Å². The van der Waals surface area contributed by atoms with E-state index in [2.05, 4.69) is 58.9 Å². The first-order chi connectivity index (χ1) is 6.42. The molecule has 0 heterocycles. The van der Waals surface area contributed by atoms with E-state index in [4.69, 9.17) is 0 Å². The molecule has 1 aromatic rings. The quantitative estimate of drug-likeness (QED) is 0.666. The van der Waals surface area contributed by atoms with Crippen LogP contribution in [0.25, 0.3) is 0 Å². The van der Waals surface area contributed by atoms with Crippen LogP contribution in [0.2, 0.25) is 0 Å². The molecule has 1 aromatic carbocycles. The van der Waals surface area contributed by atoms with Crippen molar-refractivity contribution in [2.24, 2.45) is 5.92 Å². The van der Waals surface area contributed by atoms with Crippen molar-refractivity contribution in [3.8, 4) is 0 Å². The van der Waals surface area contributed by atoms with Crippen molar-refractivity contribution >= 4 is 0 Å². The molecule has 0 aliphatic rings. The lowest BCUT2D eigenvalue weighted by Crippen LogP contribution is -2.19. The molecule has 0 aliphatic carbocycles. The van der Waals surface area contributed by atoms with E-state index in [1.807, 2.05) is 0 Å². The first-order valence-electron chi connectivity index (χ1n) is 5.49. The summed E-state index contributed by atoms with van der Waals surface area (Å²) in [6.07, 6.45) is 1.25. The Labute approximate surface area is 88.4 Å². The van der Waals surface area contributed by atoms with Crippen LogP contribution in [0.3, 0.4) is 0 Å². The summed E-state index contributed by atoms with van der Waals surface area (Å²) in [6, 6.07) is 8.93. The van der Waals surface area contributed by atoms with Gasteiger partial charge in [0.15, 0.2) is 0 Å². The molecule has 0 bridgehead atoms. The van der Waals surface area contributed by atoms with Crippen LogP contribution >= 0.6 is 0 Å². The van der Waals surface area contributed by atoms with E-state index in [9.17, 15) is 0 Å². The lowest BCUT2D eigenvalue weighted by atomic mass is 9.78. The van der Waals surface area contributed by atoms with Crippen molar-refractivity contribution in [3.63, 3.8) is 0 Å². The molecule has 14 heavy (non-hydrogen) atoms. The molecule has 0 aliphatic heterocycles. The number of hydrogen-bond acceptors (Lipinski definition) is 0. The van der Waals surface area contributed by atoms with Gasteiger partial charge in [-0.05, 0) is 30.2 Å². The molecule has 0 N–H and O–H groups in total. The van der Waals surface area contributed by atoms with Crippen molar-refractivity contribution in [3.05, 3.63) is 35.4 Å². The summed E-state index contributed by atoms with van der Waals surface area (Å²) in [6.45, 7) is 11.4. The third kappa shape index (κ3) is 2.87. The maximum absolute atomic E-state index is 2.33. The van der Waals surface area contributed by atoms with Crippen molar-refractivity contribution in [1.29, 1.82) is 0 Å². The number of benzene rings is 1. The topological polar surface area (TPSA) is 0 Å². The Hall–Kier alpha value is -0.780. The molecule has 0 amide bonds. The zero-order valence-electron chi connectivity index (χ0n) is 10.1. The average molecular weight is 190 g/mol. The molecule has 0 radical (unpaired) electrons. The molecule has 1 rings (SSSR count). The third-order valence-electron chi connectivity index (χ3n) is 2.75. The maximum Gasteiger partial charge on any atom is -0.0101 e. The Bertz CT molecular complexity index is 277. The van der Waals surface area contributed by atoms with Gasteiger partial charge in [0.25, 0.3) is 0 Å². The third-order valence-corrected chi connectivity index (χ3v) is 2.75. The molecule has 78 valence electrons. The molecule has 0 saturated carbocycles. The largest absolute Gasteiger partial charge is 0.0627 e. The lowest BCUT2D eigenvalue weighted by molar-refractivity contribution is 0.400. The highest BCUT2D eigenvalue weighted by atomic mass is 14.3. The van der Waals surface area contributed by atoms with E-state index < -0.39 is 0 Å². The van der Waals surface area contributed by atoms with E-state index in [0.29, 0.717) is 5.41 Å². The van der Waals surface area contributed by atoms with Gasteiger partial charge in [-0.25, -0.2) is 0 Å². The second kappa shape index (κ2) is 4.16. The lowest BCUT2D eigenvalue weighted by Gasteiger charge is -2.27.